The predicted molar refractivity (Wildman–Crippen MR) is 152 cm³/mol. The highest BCUT2D eigenvalue weighted by Crippen LogP contribution is 2.27. The zero-order valence-corrected chi connectivity index (χ0v) is 22.6. The summed E-state index contributed by atoms with van der Waals surface area (Å²) in [5, 5.41) is 12.3. The molecule has 2 fully saturated rings. The van der Waals surface area contributed by atoms with Gasteiger partial charge in [0.2, 0.25) is 0 Å². The maximum absolute atomic E-state index is 13.1. The Morgan fingerprint density at radius 1 is 1.03 bits per heavy atom. The number of halogens is 2. The fraction of sp³-hybridized carbons (Fsp3) is 0.367. The van der Waals surface area contributed by atoms with Crippen LogP contribution in [0.5, 0.6) is 0 Å². The topological polar surface area (TPSA) is 75.5 Å². The Bertz CT molecular complexity index is 1320. The predicted octanol–water partition coefficient (Wildman–Crippen LogP) is 4.71. The molecule has 0 saturated carbocycles. The lowest BCUT2D eigenvalue weighted by atomic mass is 10.0. The lowest BCUT2D eigenvalue weighted by molar-refractivity contribution is 0.0950. The Balaban J connectivity index is 0.00000370. The van der Waals surface area contributed by atoms with Crippen LogP contribution >= 0.6 is 11.6 Å². The van der Waals surface area contributed by atoms with Gasteiger partial charge in [-0.15, -0.1) is 0 Å². The molecule has 0 radical (unpaired) electrons. The molecule has 1 aromatic heterocycles. The number of benzene rings is 2. The summed E-state index contributed by atoms with van der Waals surface area (Å²) >= 11 is 6.57. The molecule has 3 heterocycles. The Morgan fingerprint density at radius 3 is 2.33 bits per heavy atom. The molecule has 0 atom stereocenters. The number of nitrogens with zero attached hydrogens (tertiary/aromatic N) is 5. The maximum Gasteiger partial charge on any atom is 0.253 e. The smallest absolute Gasteiger partial charge is 0.253 e. The van der Waals surface area contributed by atoms with Gasteiger partial charge in [0.1, 0.15) is 11.6 Å². The fourth-order valence-electron chi connectivity index (χ4n) is 5.36. The van der Waals surface area contributed by atoms with Crippen LogP contribution in [0.2, 0.25) is 5.02 Å². The SMILES string of the molecule is N#Cc1ccc(CN2CCC(N3CCN(c4ncc(C(=O)NCc5ccc(F)cc5)cc4Cl)CC3)CC2)cc1.[HH]. The molecule has 3 aromatic rings. The van der Waals surface area contributed by atoms with Crippen LogP contribution in [-0.2, 0) is 13.1 Å². The lowest BCUT2D eigenvalue weighted by Gasteiger charge is -2.43. The van der Waals surface area contributed by atoms with Gasteiger partial charge in [-0.3, -0.25) is 14.6 Å². The number of nitriles is 1. The van der Waals surface area contributed by atoms with Crippen LogP contribution in [0.4, 0.5) is 10.2 Å². The number of pyridine rings is 1. The number of carbonyl (C=O) groups is 1. The van der Waals surface area contributed by atoms with E-state index in [0.717, 1.165) is 64.2 Å². The molecule has 1 amide bonds. The van der Waals surface area contributed by atoms with Crippen molar-refractivity contribution in [2.75, 3.05) is 44.2 Å². The highest BCUT2D eigenvalue weighted by atomic mass is 35.5. The van der Waals surface area contributed by atoms with Gasteiger partial charge in [0.25, 0.3) is 5.91 Å². The third-order valence-corrected chi connectivity index (χ3v) is 7.90. The van der Waals surface area contributed by atoms with Crippen LogP contribution in [0.3, 0.4) is 0 Å². The normalized spacial score (nSPS) is 17.1. The number of anilines is 1. The zero-order chi connectivity index (χ0) is 27.2. The number of amides is 1. The van der Waals surface area contributed by atoms with E-state index in [1.807, 2.05) is 12.1 Å². The standard InChI is InChI=1S/C30H32ClFN6O.H2/c31-28-17-25(30(39)35-19-23-5-7-26(32)8-6-23)20-34-29(28)38-15-13-37(14-16-38)27-9-11-36(12-10-27)21-24-3-1-22(18-33)2-4-24;/h1-8,17,20,27H,9-16,19,21H2,(H,35,39);1H. The molecule has 39 heavy (non-hydrogen) atoms. The van der Waals surface area contributed by atoms with Crippen molar-refractivity contribution >= 4 is 23.3 Å². The van der Waals surface area contributed by atoms with Gasteiger partial charge in [-0.2, -0.15) is 5.26 Å². The van der Waals surface area contributed by atoms with Gasteiger partial charge >= 0.3 is 0 Å². The number of nitrogens with one attached hydrogen (secondary N) is 1. The average Bonchev–Trinajstić information content (AvgIpc) is 2.97. The molecule has 0 spiro atoms. The third kappa shape index (κ3) is 6.93. The van der Waals surface area contributed by atoms with Crippen molar-refractivity contribution < 1.29 is 10.6 Å². The van der Waals surface area contributed by atoms with Crippen molar-refractivity contribution in [2.45, 2.75) is 32.0 Å². The summed E-state index contributed by atoms with van der Waals surface area (Å²) in [6, 6.07) is 18.3. The molecule has 5 rings (SSSR count). The van der Waals surface area contributed by atoms with Gasteiger partial charge < -0.3 is 10.2 Å². The summed E-state index contributed by atoms with van der Waals surface area (Å²) in [6.45, 7) is 6.97. The van der Waals surface area contributed by atoms with Crippen molar-refractivity contribution in [2.24, 2.45) is 0 Å². The summed E-state index contributed by atoms with van der Waals surface area (Å²) in [5.41, 5.74) is 3.17. The zero-order valence-electron chi connectivity index (χ0n) is 21.8. The molecule has 204 valence electrons. The Morgan fingerprint density at radius 2 is 1.69 bits per heavy atom. The minimum Gasteiger partial charge on any atom is -0.353 e. The van der Waals surface area contributed by atoms with Crippen LogP contribution in [0.15, 0.2) is 60.8 Å². The fourth-order valence-corrected chi connectivity index (χ4v) is 5.64. The molecular formula is C30H34ClFN6O. The number of hydrogen-bond donors (Lipinski definition) is 1. The molecule has 2 aliphatic heterocycles. The van der Waals surface area contributed by atoms with Gasteiger partial charge in [-0.05, 0) is 67.4 Å². The van der Waals surface area contributed by atoms with E-state index in [0.29, 0.717) is 34.6 Å². The highest BCUT2D eigenvalue weighted by molar-refractivity contribution is 6.33. The van der Waals surface area contributed by atoms with E-state index in [-0.39, 0.29) is 13.2 Å². The van der Waals surface area contributed by atoms with E-state index < -0.39 is 0 Å². The average molecular weight is 549 g/mol. The van der Waals surface area contributed by atoms with Crippen LogP contribution < -0.4 is 10.2 Å². The molecule has 1 N–H and O–H groups in total. The van der Waals surface area contributed by atoms with Gasteiger partial charge in [0, 0.05) is 52.9 Å². The first-order valence-corrected chi connectivity index (χ1v) is 13.7. The number of rotatable bonds is 7. The molecule has 0 aliphatic carbocycles. The summed E-state index contributed by atoms with van der Waals surface area (Å²) in [5.74, 6) is 0.137. The molecule has 9 heteroatoms. The van der Waals surface area contributed by atoms with Gasteiger partial charge in [0.15, 0.2) is 0 Å². The van der Waals surface area contributed by atoms with Gasteiger partial charge in [-0.1, -0.05) is 35.9 Å². The summed E-state index contributed by atoms with van der Waals surface area (Å²) in [4.78, 5) is 24.4. The summed E-state index contributed by atoms with van der Waals surface area (Å²) in [7, 11) is 0. The molecule has 0 bridgehead atoms. The maximum atomic E-state index is 13.1. The van der Waals surface area contributed by atoms with Gasteiger partial charge in [-0.25, -0.2) is 9.37 Å². The van der Waals surface area contributed by atoms with Crippen molar-refractivity contribution in [1.82, 2.24) is 20.1 Å². The third-order valence-electron chi connectivity index (χ3n) is 7.63. The summed E-state index contributed by atoms with van der Waals surface area (Å²) < 4.78 is 13.1. The van der Waals surface area contributed by atoms with Crippen LogP contribution in [0.1, 0.15) is 41.3 Å². The van der Waals surface area contributed by atoms with E-state index in [9.17, 15) is 9.18 Å². The summed E-state index contributed by atoms with van der Waals surface area (Å²) in [6.07, 6.45) is 3.87. The molecule has 2 aliphatic rings. The lowest BCUT2D eigenvalue weighted by Crippen LogP contribution is -2.53. The van der Waals surface area contributed by atoms with E-state index in [1.165, 1.54) is 17.7 Å². The van der Waals surface area contributed by atoms with Crippen LogP contribution in [0.25, 0.3) is 0 Å². The van der Waals surface area contributed by atoms with Crippen LogP contribution in [0, 0.1) is 17.1 Å². The second kappa shape index (κ2) is 12.6. The number of piperidine rings is 1. The molecule has 7 nitrogen and oxygen atoms in total. The van der Waals surface area contributed by atoms with E-state index in [1.54, 1.807) is 24.4 Å². The molecule has 2 saturated heterocycles. The Hall–Kier alpha value is -3.51. The first-order valence-electron chi connectivity index (χ1n) is 13.4. The van der Waals surface area contributed by atoms with Crippen LogP contribution in [-0.4, -0.2) is 66.0 Å². The quantitative estimate of drug-likeness (QED) is 0.461. The number of hydrogen-bond acceptors (Lipinski definition) is 6. The van der Waals surface area contributed by atoms with E-state index >= 15 is 0 Å². The monoisotopic (exact) mass is 548 g/mol. The van der Waals surface area contributed by atoms with Crippen molar-refractivity contribution in [3.8, 4) is 6.07 Å². The second-order valence-corrected chi connectivity index (χ2v) is 10.6. The number of aromatic nitrogens is 1. The number of likely N-dealkylation sites (tertiary alicyclic amines) is 1. The Labute approximate surface area is 235 Å². The number of piperazine rings is 1. The second-order valence-electron chi connectivity index (χ2n) is 10.2. The largest absolute Gasteiger partial charge is 0.353 e. The highest BCUT2D eigenvalue weighted by Gasteiger charge is 2.28. The Kier molecular flexibility index (Phi) is 8.72. The first-order chi connectivity index (χ1) is 19.0. The molecule has 2 aromatic carbocycles. The first kappa shape index (κ1) is 27.1. The molecular weight excluding hydrogens is 515 g/mol. The minimum atomic E-state index is -0.307. The van der Waals surface area contributed by atoms with Crippen molar-refractivity contribution in [1.29, 1.82) is 5.26 Å². The minimum absolute atomic E-state index is 0. The van der Waals surface area contributed by atoms with Crippen molar-refractivity contribution in [3.63, 3.8) is 0 Å². The van der Waals surface area contributed by atoms with Gasteiger partial charge in [0.05, 0.1) is 22.2 Å². The van der Waals surface area contributed by atoms with Crippen molar-refractivity contribution in [3.05, 3.63) is 93.9 Å². The van der Waals surface area contributed by atoms with E-state index in [4.69, 9.17) is 16.9 Å². The number of carbonyl (C=O) groups excluding carboxylic acids is 1. The van der Waals surface area contributed by atoms with E-state index in [2.05, 4.69) is 43.2 Å². The molecule has 0 unspecified atom stereocenters.